The number of rotatable bonds is 4. The molecule has 2 amide bonds. The van der Waals surface area contributed by atoms with Gasteiger partial charge in [-0.2, -0.15) is 0 Å². The summed E-state index contributed by atoms with van der Waals surface area (Å²) in [5, 5.41) is 5.18. The first-order chi connectivity index (χ1) is 9.71. The average Bonchev–Trinajstić information content (AvgIpc) is 2.36. The van der Waals surface area contributed by atoms with Crippen molar-refractivity contribution >= 4 is 17.7 Å². The number of amides is 2. The largest absolute Gasteiger partial charge is 0.497 e. The molecule has 0 bridgehead atoms. The first kappa shape index (κ1) is 16.8. The van der Waals surface area contributed by atoms with Crippen molar-refractivity contribution < 1.29 is 19.1 Å². The molecular formula is C15H22N2O4. The lowest BCUT2D eigenvalue weighted by molar-refractivity contribution is -0.117. The number of alkyl carbamates (subject to hydrolysis) is 1. The summed E-state index contributed by atoms with van der Waals surface area (Å²) >= 11 is 0. The molecule has 1 rings (SSSR count). The van der Waals surface area contributed by atoms with Crippen molar-refractivity contribution in [3.63, 3.8) is 0 Å². The lowest BCUT2D eigenvalue weighted by atomic mass is 10.2. The second kappa shape index (κ2) is 6.97. The van der Waals surface area contributed by atoms with E-state index >= 15 is 0 Å². The second-order valence-electron chi connectivity index (χ2n) is 5.59. The highest BCUT2D eigenvalue weighted by Gasteiger charge is 2.21. The molecule has 6 heteroatoms. The molecule has 0 spiro atoms. The van der Waals surface area contributed by atoms with Gasteiger partial charge in [0.2, 0.25) is 5.91 Å². The Morgan fingerprint density at radius 1 is 1.24 bits per heavy atom. The number of hydrogen-bond acceptors (Lipinski definition) is 4. The number of carbonyl (C=O) groups is 2. The maximum absolute atomic E-state index is 12.0. The molecule has 0 saturated heterocycles. The van der Waals surface area contributed by atoms with Gasteiger partial charge < -0.3 is 20.1 Å². The Bertz CT molecular complexity index is 509. The Kier molecular flexibility index (Phi) is 5.58. The molecule has 21 heavy (non-hydrogen) atoms. The molecule has 0 aliphatic heterocycles. The van der Waals surface area contributed by atoms with Gasteiger partial charge in [-0.1, -0.05) is 6.07 Å². The smallest absolute Gasteiger partial charge is 0.408 e. The van der Waals surface area contributed by atoms with Crippen LogP contribution in [0.1, 0.15) is 27.7 Å². The van der Waals surface area contributed by atoms with Crippen LogP contribution in [0.25, 0.3) is 0 Å². The zero-order valence-corrected chi connectivity index (χ0v) is 13.0. The molecule has 1 aromatic rings. The van der Waals surface area contributed by atoms with E-state index in [2.05, 4.69) is 10.6 Å². The summed E-state index contributed by atoms with van der Waals surface area (Å²) in [7, 11) is 1.55. The molecule has 0 aliphatic rings. The van der Waals surface area contributed by atoms with Crippen LogP contribution in [0, 0.1) is 0 Å². The van der Waals surface area contributed by atoms with Crippen molar-refractivity contribution in [2.45, 2.75) is 39.3 Å². The summed E-state index contributed by atoms with van der Waals surface area (Å²) in [4.78, 5) is 23.6. The summed E-state index contributed by atoms with van der Waals surface area (Å²) < 4.78 is 10.2. The summed E-state index contributed by atoms with van der Waals surface area (Å²) in [6.45, 7) is 6.86. The number of benzene rings is 1. The first-order valence-electron chi connectivity index (χ1n) is 6.65. The number of ether oxygens (including phenoxy) is 2. The van der Waals surface area contributed by atoms with Gasteiger partial charge in [-0.15, -0.1) is 0 Å². The van der Waals surface area contributed by atoms with Gasteiger partial charge in [0.15, 0.2) is 0 Å². The maximum atomic E-state index is 12.0. The van der Waals surface area contributed by atoms with E-state index in [1.807, 2.05) is 0 Å². The van der Waals surface area contributed by atoms with Crippen LogP contribution in [0.5, 0.6) is 5.75 Å². The Labute approximate surface area is 124 Å². The minimum Gasteiger partial charge on any atom is -0.497 e. The molecule has 0 radical (unpaired) electrons. The molecule has 1 aromatic carbocycles. The third kappa shape index (κ3) is 6.16. The standard InChI is InChI=1S/C15H22N2O4/c1-10(16-14(19)21-15(2,3)4)13(18)17-11-7-6-8-12(9-11)20-5/h6-10H,1-5H3,(H,16,19)(H,17,18). The van der Waals surface area contributed by atoms with Crippen LogP contribution in [-0.4, -0.2) is 30.8 Å². The van der Waals surface area contributed by atoms with E-state index in [4.69, 9.17) is 9.47 Å². The molecule has 0 aliphatic carbocycles. The average molecular weight is 294 g/mol. The van der Waals surface area contributed by atoms with Gasteiger partial charge in [0.25, 0.3) is 0 Å². The van der Waals surface area contributed by atoms with Crippen molar-refractivity contribution in [1.82, 2.24) is 5.32 Å². The topological polar surface area (TPSA) is 76.7 Å². The predicted octanol–water partition coefficient (Wildman–Crippen LogP) is 2.55. The predicted molar refractivity (Wildman–Crippen MR) is 80.5 cm³/mol. The van der Waals surface area contributed by atoms with Crippen LogP contribution < -0.4 is 15.4 Å². The summed E-state index contributed by atoms with van der Waals surface area (Å²) in [5.74, 6) is 0.301. The number of anilines is 1. The van der Waals surface area contributed by atoms with Crippen molar-refractivity contribution in [3.8, 4) is 5.75 Å². The van der Waals surface area contributed by atoms with Gasteiger partial charge in [-0.3, -0.25) is 4.79 Å². The fourth-order valence-corrected chi connectivity index (χ4v) is 1.50. The molecule has 2 N–H and O–H groups in total. The molecule has 1 unspecified atom stereocenters. The molecule has 116 valence electrons. The number of methoxy groups -OCH3 is 1. The van der Waals surface area contributed by atoms with Gasteiger partial charge in [-0.05, 0) is 39.8 Å². The van der Waals surface area contributed by atoms with Gasteiger partial charge in [0.05, 0.1) is 7.11 Å². The minimum absolute atomic E-state index is 0.339. The van der Waals surface area contributed by atoms with Crippen LogP contribution in [0.15, 0.2) is 24.3 Å². The molecular weight excluding hydrogens is 272 g/mol. The molecule has 6 nitrogen and oxygen atoms in total. The van der Waals surface area contributed by atoms with Gasteiger partial charge in [0, 0.05) is 11.8 Å². The Hall–Kier alpha value is -2.24. The summed E-state index contributed by atoms with van der Waals surface area (Å²) in [6, 6.07) is 6.25. The van der Waals surface area contributed by atoms with Crippen molar-refractivity contribution in [2.75, 3.05) is 12.4 Å². The lowest BCUT2D eigenvalue weighted by Crippen LogP contribution is -2.43. The van der Waals surface area contributed by atoms with E-state index in [0.717, 1.165) is 0 Å². The van der Waals surface area contributed by atoms with E-state index in [1.54, 1.807) is 59.1 Å². The SMILES string of the molecule is COc1cccc(NC(=O)C(C)NC(=O)OC(C)(C)C)c1. The van der Waals surface area contributed by atoms with Gasteiger partial charge in [0.1, 0.15) is 17.4 Å². The third-order valence-electron chi connectivity index (χ3n) is 2.46. The fourth-order valence-electron chi connectivity index (χ4n) is 1.50. The number of nitrogens with one attached hydrogen (secondary N) is 2. The third-order valence-corrected chi connectivity index (χ3v) is 2.46. The van der Waals surface area contributed by atoms with Crippen LogP contribution in [0.4, 0.5) is 10.5 Å². The van der Waals surface area contributed by atoms with Gasteiger partial charge in [-0.25, -0.2) is 4.79 Å². The van der Waals surface area contributed by atoms with Crippen LogP contribution in [-0.2, 0) is 9.53 Å². The van der Waals surface area contributed by atoms with Crippen LogP contribution in [0.3, 0.4) is 0 Å². The number of carbonyl (C=O) groups excluding carboxylic acids is 2. The highest BCUT2D eigenvalue weighted by atomic mass is 16.6. The lowest BCUT2D eigenvalue weighted by Gasteiger charge is -2.21. The van der Waals surface area contributed by atoms with Crippen molar-refractivity contribution in [1.29, 1.82) is 0 Å². The quantitative estimate of drug-likeness (QED) is 0.894. The fraction of sp³-hybridized carbons (Fsp3) is 0.467. The Morgan fingerprint density at radius 2 is 1.90 bits per heavy atom. The van der Waals surface area contributed by atoms with Crippen LogP contribution >= 0.6 is 0 Å². The zero-order valence-electron chi connectivity index (χ0n) is 13.0. The van der Waals surface area contributed by atoms with Gasteiger partial charge >= 0.3 is 6.09 Å². The van der Waals surface area contributed by atoms with Crippen molar-refractivity contribution in [3.05, 3.63) is 24.3 Å². The molecule has 0 aromatic heterocycles. The normalized spacial score (nSPS) is 12.2. The maximum Gasteiger partial charge on any atom is 0.408 e. The summed E-state index contributed by atoms with van der Waals surface area (Å²) in [5.41, 5.74) is -0.00947. The Balaban J connectivity index is 2.56. The molecule has 0 saturated carbocycles. The molecule has 1 atom stereocenters. The van der Waals surface area contributed by atoms with E-state index in [-0.39, 0.29) is 5.91 Å². The van der Waals surface area contributed by atoms with E-state index in [1.165, 1.54) is 0 Å². The highest BCUT2D eigenvalue weighted by Crippen LogP contribution is 2.16. The minimum atomic E-state index is -0.717. The van der Waals surface area contributed by atoms with Crippen molar-refractivity contribution in [2.24, 2.45) is 0 Å². The van der Waals surface area contributed by atoms with E-state index < -0.39 is 17.7 Å². The number of hydrogen-bond donors (Lipinski definition) is 2. The van der Waals surface area contributed by atoms with Crippen LogP contribution in [0.2, 0.25) is 0 Å². The zero-order chi connectivity index (χ0) is 16.0. The highest BCUT2D eigenvalue weighted by molar-refractivity contribution is 5.96. The molecule has 0 fully saturated rings. The molecule has 0 heterocycles. The van der Waals surface area contributed by atoms with E-state index in [9.17, 15) is 9.59 Å². The Morgan fingerprint density at radius 3 is 2.48 bits per heavy atom. The second-order valence-corrected chi connectivity index (χ2v) is 5.59. The summed E-state index contributed by atoms with van der Waals surface area (Å²) in [6.07, 6.45) is -0.629. The monoisotopic (exact) mass is 294 g/mol. The van der Waals surface area contributed by atoms with E-state index in [0.29, 0.717) is 11.4 Å². The first-order valence-corrected chi connectivity index (χ1v) is 6.65.